The summed E-state index contributed by atoms with van der Waals surface area (Å²) < 4.78 is 30.8. The normalized spacial score (nSPS) is 11.5. The van der Waals surface area contributed by atoms with E-state index in [0.29, 0.717) is 12.3 Å². The number of carboxylic acids is 1. The number of nitrogens with one attached hydrogen (secondary N) is 2. The maximum absolute atomic E-state index is 11.6. The Morgan fingerprint density at radius 1 is 1.21 bits per heavy atom. The fourth-order valence-electron chi connectivity index (χ4n) is 1.88. The van der Waals surface area contributed by atoms with Crippen LogP contribution in [0.25, 0.3) is 0 Å². The first-order valence-electron chi connectivity index (χ1n) is 7.98. The molecule has 1 aromatic carbocycles. The van der Waals surface area contributed by atoms with Crippen LogP contribution in [-0.4, -0.2) is 44.4 Å². The highest BCUT2D eigenvalue weighted by molar-refractivity contribution is 7.90. The molecule has 0 aliphatic rings. The molecule has 0 atom stereocenters. The van der Waals surface area contributed by atoms with Crippen molar-refractivity contribution >= 4 is 21.7 Å². The van der Waals surface area contributed by atoms with E-state index in [1.165, 1.54) is 0 Å². The molecule has 0 spiro atoms. The predicted molar refractivity (Wildman–Crippen MR) is 94.0 cm³/mol. The third-order valence-corrected chi connectivity index (χ3v) is 5.15. The Kier molecular flexibility index (Phi) is 8.56. The van der Waals surface area contributed by atoms with Crippen LogP contribution in [0.4, 0.5) is 5.69 Å². The van der Waals surface area contributed by atoms with Gasteiger partial charge < -0.3 is 15.2 Å². The summed E-state index contributed by atoms with van der Waals surface area (Å²) in [5.74, 6) is -0.507. The number of anilines is 1. The number of unbranched alkanes of at least 4 members (excludes halogenated alkanes) is 2. The van der Waals surface area contributed by atoms with E-state index in [1.807, 2.05) is 6.07 Å². The van der Waals surface area contributed by atoms with Gasteiger partial charge in [-0.3, -0.25) is 0 Å². The fraction of sp³-hybridized carbons (Fsp3) is 0.562. The van der Waals surface area contributed by atoms with Gasteiger partial charge in [-0.1, -0.05) is 12.5 Å². The highest BCUT2D eigenvalue weighted by Crippen LogP contribution is 2.17. The molecule has 1 aromatic rings. The molecule has 136 valence electrons. The molecule has 0 aliphatic carbocycles. The summed E-state index contributed by atoms with van der Waals surface area (Å²) in [6, 6.07) is 7.12. The van der Waals surface area contributed by atoms with E-state index in [0.717, 1.165) is 31.5 Å². The Bertz CT molecular complexity index is 617. The van der Waals surface area contributed by atoms with Gasteiger partial charge in [-0.15, -0.1) is 0 Å². The zero-order chi connectivity index (χ0) is 18.0. The zero-order valence-electron chi connectivity index (χ0n) is 14.1. The topological polar surface area (TPSA) is 105 Å². The van der Waals surface area contributed by atoms with Gasteiger partial charge in [0.1, 0.15) is 5.75 Å². The van der Waals surface area contributed by atoms with Gasteiger partial charge in [0.25, 0.3) is 0 Å². The molecule has 0 unspecified atom stereocenters. The van der Waals surface area contributed by atoms with Gasteiger partial charge >= 0.3 is 5.97 Å². The van der Waals surface area contributed by atoms with Crippen LogP contribution >= 0.6 is 0 Å². The van der Waals surface area contributed by atoms with E-state index < -0.39 is 21.2 Å². The Labute approximate surface area is 143 Å². The van der Waals surface area contributed by atoms with Crippen molar-refractivity contribution in [2.24, 2.45) is 0 Å². The monoisotopic (exact) mass is 358 g/mol. The first kappa shape index (κ1) is 20.2. The average Bonchev–Trinajstić information content (AvgIpc) is 2.52. The minimum Gasteiger partial charge on any atom is -0.482 e. The number of rotatable bonds is 12. The summed E-state index contributed by atoms with van der Waals surface area (Å²) in [5.41, 5.74) is 0.860. The van der Waals surface area contributed by atoms with Gasteiger partial charge in [0.15, 0.2) is 6.61 Å². The quantitative estimate of drug-likeness (QED) is 0.494. The van der Waals surface area contributed by atoms with Crippen LogP contribution < -0.4 is 14.8 Å². The van der Waals surface area contributed by atoms with Crippen LogP contribution in [0, 0.1) is 0 Å². The largest absolute Gasteiger partial charge is 0.482 e. The van der Waals surface area contributed by atoms with Gasteiger partial charge in [-0.05, 0) is 38.8 Å². The van der Waals surface area contributed by atoms with Crippen molar-refractivity contribution in [1.29, 1.82) is 0 Å². The minimum absolute atomic E-state index is 0.365. The molecule has 0 saturated carbocycles. The second kappa shape index (κ2) is 10.1. The molecule has 0 aliphatic heterocycles. The summed E-state index contributed by atoms with van der Waals surface area (Å²) in [6.45, 7) is 4.15. The van der Waals surface area contributed by atoms with Gasteiger partial charge in [0.05, 0.1) is 5.25 Å². The Morgan fingerprint density at radius 3 is 2.58 bits per heavy atom. The third kappa shape index (κ3) is 8.16. The van der Waals surface area contributed by atoms with Crippen molar-refractivity contribution in [3.63, 3.8) is 0 Å². The maximum atomic E-state index is 11.6. The second-order valence-corrected chi connectivity index (χ2v) is 8.01. The van der Waals surface area contributed by atoms with Crippen molar-refractivity contribution in [1.82, 2.24) is 4.72 Å². The van der Waals surface area contributed by atoms with Crippen molar-refractivity contribution in [2.45, 2.75) is 38.4 Å². The molecule has 0 radical (unpaired) electrons. The van der Waals surface area contributed by atoms with E-state index in [-0.39, 0.29) is 6.61 Å². The third-order valence-electron chi connectivity index (χ3n) is 3.30. The van der Waals surface area contributed by atoms with Crippen LogP contribution in [0.2, 0.25) is 0 Å². The van der Waals surface area contributed by atoms with E-state index in [1.54, 1.807) is 32.0 Å². The molecule has 0 aromatic heterocycles. The summed E-state index contributed by atoms with van der Waals surface area (Å²) in [4.78, 5) is 10.5. The maximum Gasteiger partial charge on any atom is 0.341 e. The molecule has 8 heteroatoms. The SMILES string of the molecule is CC(C)S(=O)(=O)NCCCCCNc1cccc(OCC(=O)O)c1. The number of aliphatic carboxylic acids is 1. The van der Waals surface area contributed by atoms with Crippen LogP contribution in [-0.2, 0) is 14.8 Å². The van der Waals surface area contributed by atoms with Gasteiger partial charge in [-0.25, -0.2) is 17.9 Å². The summed E-state index contributed by atoms with van der Waals surface area (Å²) >= 11 is 0. The first-order valence-corrected chi connectivity index (χ1v) is 9.53. The second-order valence-electron chi connectivity index (χ2n) is 5.69. The summed E-state index contributed by atoms with van der Waals surface area (Å²) in [7, 11) is -3.17. The van der Waals surface area contributed by atoms with Gasteiger partial charge in [-0.2, -0.15) is 0 Å². The molecule has 0 bridgehead atoms. The molecule has 0 saturated heterocycles. The molecule has 1 rings (SSSR count). The Hall–Kier alpha value is -1.80. The van der Waals surface area contributed by atoms with Gasteiger partial charge in [0, 0.05) is 24.8 Å². The molecule has 0 fully saturated rings. The number of ether oxygens (including phenoxy) is 1. The Morgan fingerprint density at radius 2 is 1.92 bits per heavy atom. The summed E-state index contributed by atoms with van der Waals surface area (Å²) in [5, 5.41) is 11.4. The minimum atomic E-state index is -3.17. The van der Waals surface area contributed by atoms with E-state index >= 15 is 0 Å². The molecular formula is C16H26N2O5S. The lowest BCUT2D eigenvalue weighted by atomic mass is 10.2. The van der Waals surface area contributed by atoms with Gasteiger partial charge in [0.2, 0.25) is 10.0 Å². The number of carbonyl (C=O) groups is 1. The summed E-state index contributed by atoms with van der Waals surface area (Å²) in [6.07, 6.45) is 2.60. The molecule has 0 amide bonds. The van der Waals surface area contributed by atoms with Crippen LogP contribution in [0.1, 0.15) is 33.1 Å². The number of carboxylic acid groups (broad SMARTS) is 1. The predicted octanol–water partition coefficient (Wildman–Crippen LogP) is 2.06. The highest BCUT2D eigenvalue weighted by atomic mass is 32.2. The van der Waals surface area contributed by atoms with Crippen LogP contribution in [0.15, 0.2) is 24.3 Å². The molecule has 24 heavy (non-hydrogen) atoms. The first-order chi connectivity index (χ1) is 11.3. The molecule has 3 N–H and O–H groups in total. The highest BCUT2D eigenvalue weighted by Gasteiger charge is 2.13. The van der Waals surface area contributed by atoms with Crippen molar-refractivity contribution < 1.29 is 23.1 Å². The Balaban J connectivity index is 2.19. The number of hydrogen-bond acceptors (Lipinski definition) is 5. The standard InChI is InChI=1S/C16H26N2O5S/c1-13(2)24(21,22)18-10-5-3-4-9-17-14-7-6-8-15(11-14)23-12-16(19)20/h6-8,11,13,17-18H,3-5,9-10,12H2,1-2H3,(H,19,20). The lowest BCUT2D eigenvalue weighted by Crippen LogP contribution is -2.31. The van der Waals surface area contributed by atoms with Crippen molar-refractivity contribution in [3.8, 4) is 5.75 Å². The van der Waals surface area contributed by atoms with E-state index in [2.05, 4.69) is 10.0 Å². The smallest absolute Gasteiger partial charge is 0.341 e. The fourth-order valence-corrected chi connectivity index (χ4v) is 2.64. The van der Waals surface area contributed by atoms with E-state index in [4.69, 9.17) is 9.84 Å². The molecular weight excluding hydrogens is 332 g/mol. The average molecular weight is 358 g/mol. The number of sulfonamides is 1. The zero-order valence-corrected chi connectivity index (χ0v) is 14.9. The number of hydrogen-bond donors (Lipinski definition) is 3. The number of benzene rings is 1. The molecule has 0 heterocycles. The molecule has 7 nitrogen and oxygen atoms in total. The van der Waals surface area contributed by atoms with Crippen LogP contribution in [0.5, 0.6) is 5.75 Å². The van der Waals surface area contributed by atoms with Crippen LogP contribution in [0.3, 0.4) is 0 Å². The van der Waals surface area contributed by atoms with Crippen molar-refractivity contribution in [2.75, 3.05) is 25.0 Å². The van der Waals surface area contributed by atoms with Crippen molar-refractivity contribution in [3.05, 3.63) is 24.3 Å². The lowest BCUT2D eigenvalue weighted by molar-refractivity contribution is -0.139. The lowest BCUT2D eigenvalue weighted by Gasteiger charge is -2.10. The van der Waals surface area contributed by atoms with E-state index in [9.17, 15) is 13.2 Å².